The van der Waals surface area contributed by atoms with Gasteiger partial charge in [0.1, 0.15) is 5.92 Å². The minimum absolute atomic E-state index is 0.0624. The molecule has 19 heavy (non-hydrogen) atoms. The lowest BCUT2D eigenvalue weighted by molar-refractivity contribution is -0.131. The summed E-state index contributed by atoms with van der Waals surface area (Å²) in [6, 6.07) is 9.30. The predicted molar refractivity (Wildman–Crippen MR) is 79.9 cm³/mol. The second kappa shape index (κ2) is 7.86. The van der Waals surface area contributed by atoms with Gasteiger partial charge < -0.3 is 15.7 Å². The molecule has 0 aliphatic heterocycles. The van der Waals surface area contributed by atoms with Gasteiger partial charge in [-0.25, -0.2) is 0 Å². The first-order valence-corrected chi connectivity index (χ1v) is 6.76. The fourth-order valence-electron chi connectivity index (χ4n) is 1.94. The molecular formula is C14H20N2O2S. The highest BCUT2D eigenvalue weighted by Crippen LogP contribution is 2.19. The van der Waals surface area contributed by atoms with E-state index in [1.807, 2.05) is 37.3 Å². The Balaban J connectivity index is 2.93. The second-order valence-electron chi connectivity index (χ2n) is 4.24. The number of aliphatic hydroxyl groups excluding tert-OH is 1. The van der Waals surface area contributed by atoms with Crippen molar-refractivity contribution in [1.29, 1.82) is 0 Å². The number of nitrogens with zero attached hydrogens (tertiary/aromatic N) is 1. The fraction of sp³-hybridized carbons (Fsp3) is 0.429. The zero-order valence-electron chi connectivity index (χ0n) is 11.1. The third-order valence-electron chi connectivity index (χ3n) is 2.94. The molecule has 1 rings (SSSR count). The number of thiocarbonyl (C=S) groups is 1. The normalized spacial score (nSPS) is 11.9. The topological polar surface area (TPSA) is 66.6 Å². The highest BCUT2D eigenvalue weighted by molar-refractivity contribution is 7.80. The van der Waals surface area contributed by atoms with Crippen molar-refractivity contribution < 1.29 is 9.90 Å². The third-order valence-corrected chi connectivity index (χ3v) is 3.18. The lowest BCUT2D eigenvalue weighted by Gasteiger charge is -2.25. The maximum Gasteiger partial charge on any atom is 0.236 e. The molecule has 0 spiro atoms. The number of hydrogen-bond acceptors (Lipinski definition) is 3. The van der Waals surface area contributed by atoms with Crippen molar-refractivity contribution in [2.24, 2.45) is 5.73 Å². The van der Waals surface area contributed by atoms with Crippen LogP contribution in [0.3, 0.4) is 0 Å². The smallest absolute Gasteiger partial charge is 0.236 e. The number of carbonyl (C=O) groups is 1. The van der Waals surface area contributed by atoms with E-state index >= 15 is 0 Å². The molecule has 1 unspecified atom stereocenters. The van der Waals surface area contributed by atoms with Crippen LogP contribution in [0.5, 0.6) is 0 Å². The molecule has 0 saturated heterocycles. The molecule has 0 fully saturated rings. The predicted octanol–water partition coefficient (Wildman–Crippen LogP) is 1.29. The van der Waals surface area contributed by atoms with Gasteiger partial charge in [0, 0.05) is 19.7 Å². The van der Waals surface area contributed by atoms with E-state index in [1.54, 1.807) is 4.90 Å². The highest BCUT2D eigenvalue weighted by atomic mass is 32.1. The summed E-state index contributed by atoms with van der Waals surface area (Å²) in [4.78, 5) is 14.4. The third kappa shape index (κ3) is 4.29. The van der Waals surface area contributed by atoms with Crippen LogP contribution < -0.4 is 5.73 Å². The number of hydrogen-bond donors (Lipinski definition) is 2. The molecule has 0 radical (unpaired) electrons. The van der Waals surface area contributed by atoms with Crippen molar-refractivity contribution in [2.75, 3.05) is 19.7 Å². The number of likely N-dealkylation sites (N-methyl/N-ethyl adjacent to an activating group) is 1. The van der Waals surface area contributed by atoms with Crippen LogP contribution in [-0.2, 0) is 4.79 Å². The Hall–Kier alpha value is -1.46. The van der Waals surface area contributed by atoms with E-state index in [4.69, 9.17) is 23.1 Å². The summed E-state index contributed by atoms with van der Waals surface area (Å²) in [6.45, 7) is 3.05. The molecule has 0 aliphatic rings. The standard InChI is InChI=1S/C14H20N2O2S/c1-2-16(9-6-10-17)14(18)12(13(15)19)11-7-4-3-5-8-11/h3-5,7-8,12,17H,2,6,9-10H2,1H3,(H2,15,19). The van der Waals surface area contributed by atoms with Gasteiger partial charge in [-0.3, -0.25) is 4.79 Å². The Kier molecular flexibility index (Phi) is 6.45. The average molecular weight is 280 g/mol. The Labute approximate surface area is 119 Å². The summed E-state index contributed by atoms with van der Waals surface area (Å²) < 4.78 is 0. The van der Waals surface area contributed by atoms with E-state index in [2.05, 4.69) is 0 Å². The largest absolute Gasteiger partial charge is 0.396 e. The van der Waals surface area contributed by atoms with Crippen LogP contribution in [0.25, 0.3) is 0 Å². The molecule has 1 atom stereocenters. The summed E-state index contributed by atoms with van der Waals surface area (Å²) in [5, 5.41) is 8.87. The fourth-order valence-corrected chi connectivity index (χ4v) is 2.18. The molecule has 0 aromatic heterocycles. The van der Waals surface area contributed by atoms with Crippen molar-refractivity contribution in [3.8, 4) is 0 Å². The minimum Gasteiger partial charge on any atom is -0.396 e. The quantitative estimate of drug-likeness (QED) is 0.739. The van der Waals surface area contributed by atoms with Crippen molar-refractivity contribution in [1.82, 2.24) is 4.90 Å². The number of amides is 1. The Morgan fingerprint density at radius 1 is 1.42 bits per heavy atom. The zero-order chi connectivity index (χ0) is 14.3. The monoisotopic (exact) mass is 280 g/mol. The number of benzene rings is 1. The van der Waals surface area contributed by atoms with Gasteiger partial charge in [-0.2, -0.15) is 0 Å². The van der Waals surface area contributed by atoms with Crippen LogP contribution in [-0.4, -0.2) is 40.6 Å². The molecule has 0 heterocycles. The van der Waals surface area contributed by atoms with Gasteiger partial charge in [-0.1, -0.05) is 42.5 Å². The van der Waals surface area contributed by atoms with E-state index < -0.39 is 5.92 Å². The minimum atomic E-state index is -0.588. The van der Waals surface area contributed by atoms with Crippen molar-refractivity contribution >= 4 is 23.1 Å². The first kappa shape index (κ1) is 15.6. The molecule has 3 N–H and O–H groups in total. The van der Waals surface area contributed by atoms with E-state index in [1.165, 1.54) is 0 Å². The lowest BCUT2D eigenvalue weighted by Crippen LogP contribution is -2.40. The molecule has 5 heteroatoms. The van der Waals surface area contributed by atoms with Crippen molar-refractivity contribution in [2.45, 2.75) is 19.3 Å². The van der Waals surface area contributed by atoms with Gasteiger partial charge in [-0.05, 0) is 18.9 Å². The molecule has 1 amide bonds. The molecule has 104 valence electrons. The van der Waals surface area contributed by atoms with Gasteiger partial charge in [0.2, 0.25) is 5.91 Å². The number of aliphatic hydroxyl groups is 1. The second-order valence-corrected chi connectivity index (χ2v) is 4.71. The first-order valence-electron chi connectivity index (χ1n) is 6.35. The number of nitrogens with two attached hydrogens (primary N) is 1. The van der Waals surface area contributed by atoms with Gasteiger partial charge in [0.15, 0.2) is 0 Å². The van der Waals surface area contributed by atoms with E-state index in [0.29, 0.717) is 19.5 Å². The van der Waals surface area contributed by atoms with Crippen LogP contribution >= 0.6 is 12.2 Å². The van der Waals surface area contributed by atoms with Gasteiger partial charge >= 0.3 is 0 Å². The number of rotatable bonds is 7. The van der Waals surface area contributed by atoms with Crippen LogP contribution in [0.4, 0.5) is 0 Å². The average Bonchev–Trinajstić information content (AvgIpc) is 2.40. The van der Waals surface area contributed by atoms with E-state index in [9.17, 15) is 4.79 Å². The Morgan fingerprint density at radius 3 is 2.53 bits per heavy atom. The van der Waals surface area contributed by atoms with E-state index in [0.717, 1.165) is 5.56 Å². The van der Waals surface area contributed by atoms with Crippen LogP contribution in [0.15, 0.2) is 30.3 Å². The molecule has 4 nitrogen and oxygen atoms in total. The zero-order valence-corrected chi connectivity index (χ0v) is 11.9. The van der Waals surface area contributed by atoms with Gasteiger partial charge in [0.25, 0.3) is 0 Å². The summed E-state index contributed by atoms with van der Waals surface area (Å²) in [7, 11) is 0. The van der Waals surface area contributed by atoms with Crippen LogP contribution in [0, 0.1) is 0 Å². The molecule has 1 aromatic carbocycles. The summed E-state index contributed by atoms with van der Waals surface area (Å²) in [5.74, 6) is -0.690. The van der Waals surface area contributed by atoms with Gasteiger partial charge in [-0.15, -0.1) is 0 Å². The molecule has 0 aliphatic carbocycles. The van der Waals surface area contributed by atoms with E-state index in [-0.39, 0.29) is 17.5 Å². The Bertz CT molecular complexity index is 423. The summed E-state index contributed by atoms with van der Waals surface area (Å²) >= 11 is 5.04. The molecular weight excluding hydrogens is 260 g/mol. The SMILES string of the molecule is CCN(CCCO)C(=O)C(C(N)=S)c1ccccc1. The lowest BCUT2D eigenvalue weighted by atomic mass is 9.97. The first-order chi connectivity index (χ1) is 9.11. The molecule has 0 bridgehead atoms. The molecule has 0 saturated carbocycles. The summed E-state index contributed by atoms with van der Waals surface area (Å²) in [5.41, 5.74) is 6.53. The Morgan fingerprint density at radius 2 is 2.05 bits per heavy atom. The van der Waals surface area contributed by atoms with Crippen LogP contribution in [0.2, 0.25) is 0 Å². The van der Waals surface area contributed by atoms with Crippen molar-refractivity contribution in [3.63, 3.8) is 0 Å². The van der Waals surface area contributed by atoms with Gasteiger partial charge in [0.05, 0.1) is 4.99 Å². The highest BCUT2D eigenvalue weighted by Gasteiger charge is 2.27. The number of carbonyl (C=O) groups excluding carboxylic acids is 1. The molecule has 1 aromatic rings. The summed E-state index contributed by atoms with van der Waals surface area (Å²) in [6.07, 6.45) is 0.554. The van der Waals surface area contributed by atoms with Crippen molar-refractivity contribution in [3.05, 3.63) is 35.9 Å². The maximum absolute atomic E-state index is 12.5. The maximum atomic E-state index is 12.5. The van der Waals surface area contributed by atoms with Crippen LogP contribution in [0.1, 0.15) is 24.8 Å².